The summed E-state index contributed by atoms with van der Waals surface area (Å²) in [5, 5.41) is 9.49. The number of carbonyl (C=O) groups excluding carboxylic acids is 2. The summed E-state index contributed by atoms with van der Waals surface area (Å²) in [6.07, 6.45) is 4.75. The minimum atomic E-state index is -1.22. The average molecular weight is 502 g/mol. The summed E-state index contributed by atoms with van der Waals surface area (Å²) in [4.78, 5) is 31.6. The highest BCUT2D eigenvalue weighted by Gasteiger charge is 2.34. The summed E-state index contributed by atoms with van der Waals surface area (Å²) in [6, 6.07) is 14.9. The van der Waals surface area contributed by atoms with Gasteiger partial charge in [0, 0.05) is 40.8 Å². The minimum absolute atomic E-state index is 0.0168. The highest BCUT2D eigenvalue weighted by Crippen LogP contribution is 2.39. The van der Waals surface area contributed by atoms with Crippen molar-refractivity contribution in [3.05, 3.63) is 71.4 Å². The molecule has 2 amide bonds. The summed E-state index contributed by atoms with van der Waals surface area (Å²) in [6.45, 7) is 7.33. The van der Waals surface area contributed by atoms with Gasteiger partial charge in [0.25, 0.3) is 18.1 Å². The van der Waals surface area contributed by atoms with E-state index < -0.39 is 12.2 Å². The van der Waals surface area contributed by atoms with Gasteiger partial charge >= 0.3 is 0 Å². The lowest BCUT2D eigenvalue weighted by Gasteiger charge is -2.41. The first-order valence-electron chi connectivity index (χ1n) is 12.7. The lowest BCUT2D eigenvalue weighted by molar-refractivity contribution is 0.0532. The molecule has 0 atom stereocenters. The van der Waals surface area contributed by atoms with Gasteiger partial charge in [-0.05, 0) is 72.9 Å². The van der Waals surface area contributed by atoms with Crippen LogP contribution in [0.2, 0.25) is 0 Å². The van der Waals surface area contributed by atoms with Gasteiger partial charge in [0.1, 0.15) is 0 Å². The van der Waals surface area contributed by atoms with E-state index >= 15 is 0 Å². The van der Waals surface area contributed by atoms with E-state index in [0.29, 0.717) is 23.6 Å². The zero-order valence-electron chi connectivity index (χ0n) is 21.6. The molecule has 0 saturated heterocycles. The Bertz CT molecular complexity index is 1260. The quantitative estimate of drug-likeness (QED) is 0.262. The van der Waals surface area contributed by atoms with Gasteiger partial charge in [-0.1, -0.05) is 39.0 Å². The summed E-state index contributed by atoms with van der Waals surface area (Å²) < 4.78 is 0. The largest absolute Gasteiger partial charge is 0.361 e. The lowest BCUT2D eigenvalue weighted by atomic mass is 9.71. The molecule has 0 radical (unpaired) electrons. The predicted octanol–water partition coefficient (Wildman–Crippen LogP) is 6.49. The smallest absolute Gasteiger partial charge is 0.255 e. The summed E-state index contributed by atoms with van der Waals surface area (Å²) >= 11 is 0. The molecule has 0 spiro atoms. The van der Waals surface area contributed by atoms with E-state index in [1.807, 2.05) is 47.5 Å². The first-order chi connectivity index (χ1) is 17.7. The molecule has 1 aromatic heterocycles. The third-order valence-corrected chi connectivity index (χ3v) is 7.52. The molecule has 0 unspecified atom stereocenters. The fraction of sp³-hybridized carbons (Fsp3) is 0.429. The van der Waals surface area contributed by atoms with E-state index in [2.05, 4.69) is 41.3 Å². The van der Waals surface area contributed by atoms with Crippen LogP contribution in [0.25, 0.3) is 10.9 Å². The second-order valence-corrected chi connectivity index (χ2v) is 10.9. The van der Waals surface area contributed by atoms with E-state index in [1.165, 1.54) is 0 Å². The van der Waals surface area contributed by atoms with Gasteiger partial charge in [0.2, 0.25) is 0 Å². The van der Waals surface area contributed by atoms with Crippen LogP contribution in [0.3, 0.4) is 0 Å². The number of hydrogen-bond donors (Lipinski definition) is 4. The first-order valence-corrected chi connectivity index (χ1v) is 12.7. The molecule has 1 fully saturated rings. The number of aromatic amines is 1. The van der Waals surface area contributed by atoms with Gasteiger partial charge in [-0.2, -0.15) is 0 Å². The number of hydrogen-bond acceptors (Lipinski definition) is 6. The van der Waals surface area contributed by atoms with Crippen molar-refractivity contribution in [2.24, 2.45) is 21.6 Å². The Morgan fingerprint density at radius 1 is 1.03 bits per heavy atom. The van der Waals surface area contributed by atoms with Crippen molar-refractivity contribution < 1.29 is 9.59 Å². The van der Waals surface area contributed by atoms with Crippen molar-refractivity contribution in [2.75, 3.05) is 0 Å². The van der Waals surface area contributed by atoms with Gasteiger partial charge in [0.05, 0.1) is 0 Å². The number of amides is 2. The molecule has 194 valence electrons. The van der Waals surface area contributed by atoms with E-state index in [9.17, 15) is 9.59 Å². The number of rotatable bonds is 8. The van der Waals surface area contributed by atoms with Crippen LogP contribution in [0.1, 0.15) is 72.7 Å². The molecule has 9 nitrogen and oxygen atoms in total. The van der Waals surface area contributed by atoms with Crippen LogP contribution in [0.15, 0.2) is 65.0 Å². The number of aromatic nitrogens is 1. The van der Waals surface area contributed by atoms with E-state index in [1.54, 1.807) is 12.1 Å². The lowest BCUT2D eigenvalue weighted by Crippen LogP contribution is -2.43. The van der Waals surface area contributed by atoms with Gasteiger partial charge < -0.3 is 15.2 Å². The maximum atomic E-state index is 14.0. The van der Waals surface area contributed by atoms with Crippen molar-refractivity contribution >= 4 is 22.7 Å². The Morgan fingerprint density at radius 3 is 2.32 bits per heavy atom. The predicted molar refractivity (Wildman–Crippen MR) is 141 cm³/mol. The third kappa shape index (κ3) is 5.93. The second kappa shape index (κ2) is 11.0. The van der Waals surface area contributed by atoms with Gasteiger partial charge in [-0.3, -0.25) is 9.59 Å². The van der Waals surface area contributed by atoms with Crippen molar-refractivity contribution in [3.63, 3.8) is 0 Å². The zero-order valence-corrected chi connectivity index (χ0v) is 21.6. The molecule has 0 aliphatic heterocycles. The molecule has 1 aliphatic rings. The number of fused-ring (bicyclic) bond motifs is 1. The summed E-state index contributed by atoms with van der Waals surface area (Å²) in [7, 11) is 0. The molecule has 37 heavy (non-hydrogen) atoms. The summed E-state index contributed by atoms with van der Waals surface area (Å²) in [5.74, 6) is 0.195. The van der Waals surface area contributed by atoms with Gasteiger partial charge in [0.15, 0.2) is 0 Å². The Balaban J connectivity index is 1.57. The van der Waals surface area contributed by atoms with E-state index in [4.69, 9.17) is 11.1 Å². The standard InChI is InChI=1S/C28H35N7O2/c1-28(2,3)20-11-13-21(14-12-20)35(26(37)23-5-4-6-24-22(23)15-16-31-24)17-18-7-9-19(10-8-18)25(36)32-27(33-29)34-30/h4-10,15-16,20-21,27,29-31H,11-14,17H2,1-3H3,(H,32,36). The first kappa shape index (κ1) is 26.2. The van der Waals surface area contributed by atoms with Gasteiger partial charge in [-0.15, -0.1) is 10.2 Å². The van der Waals surface area contributed by atoms with Crippen molar-refractivity contribution in [1.29, 1.82) is 11.1 Å². The molecule has 4 N–H and O–H groups in total. The van der Waals surface area contributed by atoms with Crippen molar-refractivity contribution in [1.82, 2.24) is 15.2 Å². The number of benzene rings is 2. The highest BCUT2D eigenvalue weighted by atomic mass is 16.2. The van der Waals surface area contributed by atoms with Crippen LogP contribution in [-0.2, 0) is 6.54 Å². The molecule has 0 bridgehead atoms. The molecule has 2 aromatic carbocycles. The molecule has 9 heteroatoms. The number of nitrogens with zero attached hydrogens (tertiary/aromatic N) is 3. The monoisotopic (exact) mass is 501 g/mol. The fourth-order valence-electron chi connectivity index (χ4n) is 5.30. The zero-order chi connectivity index (χ0) is 26.6. The van der Waals surface area contributed by atoms with Gasteiger partial charge in [-0.25, -0.2) is 11.1 Å². The Morgan fingerprint density at radius 2 is 1.70 bits per heavy atom. The average Bonchev–Trinajstić information content (AvgIpc) is 3.39. The van der Waals surface area contributed by atoms with Crippen LogP contribution in [0.4, 0.5) is 0 Å². The van der Waals surface area contributed by atoms with Crippen molar-refractivity contribution in [2.45, 2.75) is 65.3 Å². The number of nitrogens with one attached hydrogen (secondary N) is 4. The molecule has 1 saturated carbocycles. The normalized spacial score (nSPS) is 18.7. The molecule has 4 rings (SSSR count). The SMILES string of the molecule is CC(C)(C)C1CCC(N(Cc2ccc(C(=O)NC(N=N)N=N)cc2)C(=O)c2cccc3[nH]ccc23)CC1. The van der Waals surface area contributed by atoms with E-state index in [-0.39, 0.29) is 17.4 Å². The maximum absolute atomic E-state index is 14.0. The Labute approximate surface area is 217 Å². The molecule has 1 heterocycles. The molecular formula is C28H35N7O2. The van der Waals surface area contributed by atoms with Crippen molar-refractivity contribution in [3.8, 4) is 0 Å². The fourth-order valence-corrected chi connectivity index (χ4v) is 5.30. The molecule has 3 aromatic rings. The second-order valence-electron chi connectivity index (χ2n) is 10.9. The van der Waals surface area contributed by atoms with Crippen LogP contribution in [-0.4, -0.2) is 34.0 Å². The Kier molecular flexibility index (Phi) is 7.80. The summed E-state index contributed by atoms with van der Waals surface area (Å²) in [5.41, 5.74) is 17.1. The van der Waals surface area contributed by atoms with Crippen LogP contribution in [0, 0.1) is 22.4 Å². The van der Waals surface area contributed by atoms with Crippen LogP contribution >= 0.6 is 0 Å². The number of H-pyrrole nitrogens is 1. The van der Waals surface area contributed by atoms with Crippen LogP contribution < -0.4 is 5.32 Å². The maximum Gasteiger partial charge on any atom is 0.255 e. The third-order valence-electron chi connectivity index (χ3n) is 7.52. The molecular weight excluding hydrogens is 466 g/mol. The van der Waals surface area contributed by atoms with Crippen LogP contribution in [0.5, 0.6) is 0 Å². The Hall–Kier alpha value is -3.88. The topological polar surface area (TPSA) is 138 Å². The van der Waals surface area contributed by atoms with E-state index in [0.717, 1.165) is 42.1 Å². The number of carbonyl (C=O) groups is 2. The minimum Gasteiger partial charge on any atom is -0.361 e. The highest BCUT2D eigenvalue weighted by molar-refractivity contribution is 6.06. The molecule has 1 aliphatic carbocycles.